The van der Waals surface area contributed by atoms with Gasteiger partial charge in [-0.2, -0.15) is 0 Å². The molecule has 0 aromatic heterocycles. The molecule has 0 aromatic rings. The van der Waals surface area contributed by atoms with Crippen molar-refractivity contribution in [2.45, 2.75) is 90.4 Å². The van der Waals surface area contributed by atoms with E-state index in [-0.39, 0.29) is 37.2 Å². The van der Waals surface area contributed by atoms with Gasteiger partial charge < -0.3 is 49.9 Å². The van der Waals surface area contributed by atoms with E-state index in [9.17, 15) is 24.0 Å². The van der Waals surface area contributed by atoms with Crippen molar-refractivity contribution in [1.29, 1.82) is 0 Å². The van der Waals surface area contributed by atoms with Crippen molar-refractivity contribution >= 4 is 35.5 Å². The number of unbranched alkanes of at least 4 members (excludes halogenated alkanes) is 1. The van der Waals surface area contributed by atoms with Gasteiger partial charge in [0.25, 0.3) is 0 Å². The van der Waals surface area contributed by atoms with Crippen LogP contribution in [0, 0.1) is 11.8 Å². The zero-order valence-corrected chi connectivity index (χ0v) is 24.2. The summed E-state index contributed by atoms with van der Waals surface area (Å²) in [6.07, 6.45) is 2.47. The smallest absolute Gasteiger partial charge is 0.243 e. The lowest BCUT2D eigenvalue weighted by Gasteiger charge is -2.26. The molecule has 4 atom stereocenters. The number of nitrogens with two attached hydrogens (primary N) is 5. The van der Waals surface area contributed by atoms with Gasteiger partial charge in [0.2, 0.25) is 29.5 Å². The van der Waals surface area contributed by atoms with Gasteiger partial charge in [-0.05, 0) is 56.9 Å². The third-order valence-electron chi connectivity index (χ3n) is 5.94. The lowest BCUT2D eigenvalue weighted by molar-refractivity contribution is -0.134. The molecule has 0 heterocycles. The van der Waals surface area contributed by atoms with Gasteiger partial charge in [-0.25, -0.2) is 0 Å². The third-order valence-corrected chi connectivity index (χ3v) is 5.94. The fourth-order valence-electron chi connectivity index (χ4n) is 3.76. The predicted octanol–water partition coefficient (Wildman–Crippen LogP) is -2.75. The summed E-state index contributed by atoms with van der Waals surface area (Å²) in [6.45, 7) is 7.61. The highest BCUT2D eigenvalue weighted by molar-refractivity contribution is 5.94. The van der Waals surface area contributed by atoms with E-state index in [1.807, 2.05) is 13.8 Å². The maximum Gasteiger partial charge on any atom is 0.243 e. The SMILES string of the molecule is CC(C)CC(N)C(=O)NC(C(=O)NC(CCCCN)C(=O)NCC(=O)NC(CCCN=C(N)N)C(N)=O)C(C)C. The molecule has 0 bridgehead atoms. The number of rotatable bonds is 20. The van der Waals surface area contributed by atoms with Crippen LogP contribution in [0.2, 0.25) is 0 Å². The molecule has 0 radical (unpaired) electrons. The summed E-state index contributed by atoms with van der Waals surface area (Å²) in [5.41, 5.74) is 27.4. The number of hydrogen-bond donors (Lipinski definition) is 9. The maximum absolute atomic E-state index is 13.1. The monoisotopic (exact) mass is 570 g/mol. The number of nitrogens with one attached hydrogen (secondary N) is 4. The van der Waals surface area contributed by atoms with Gasteiger partial charge in [0.15, 0.2) is 5.96 Å². The van der Waals surface area contributed by atoms with Crippen LogP contribution in [0.5, 0.6) is 0 Å². The number of nitrogens with zero attached hydrogens (tertiary/aromatic N) is 1. The lowest BCUT2D eigenvalue weighted by Crippen LogP contribution is -2.58. The first kappa shape index (κ1) is 36.5. The molecule has 0 saturated carbocycles. The summed E-state index contributed by atoms with van der Waals surface area (Å²) in [6, 6.07) is -3.65. The standard InChI is InChI=1S/C25H50N10O5/c1-14(2)12-16(27)22(38)35-20(15(3)4)24(40)34-18(8-5-6-10-26)23(39)32-13-19(36)33-17(21(28)37)9-7-11-31-25(29)30/h14-18,20H,5-13,26-27H2,1-4H3,(H2,28,37)(H,32,39)(H,33,36)(H,34,40)(H,35,38)(H4,29,30,31). The molecule has 5 amide bonds. The number of carbonyl (C=O) groups excluding carboxylic acids is 5. The Morgan fingerprint density at radius 2 is 1.40 bits per heavy atom. The molecule has 14 N–H and O–H groups in total. The first-order valence-corrected chi connectivity index (χ1v) is 13.7. The molecule has 15 nitrogen and oxygen atoms in total. The van der Waals surface area contributed by atoms with Gasteiger partial charge in [0.1, 0.15) is 18.1 Å². The van der Waals surface area contributed by atoms with E-state index in [1.54, 1.807) is 13.8 Å². The normalized spacial score (nSPS) is 14.0. The highest BCUT2D eigenvalue weighted by atomic mass is 16.2. The number of carbonyl (C=O) groups is 5. The molecular formula is C25H50N10O5. The highest BCUT2D eigenvalue weighted by Crippen LogP contribution is 2.08. The van der Waals surface area contributed by atoms with Crippen molar-refractivity contribution in [2.75, 3.05) is 19.6 Å². The summed E-state index contributed by atoms with van der Waals surface area (Å²) >= 11 is 0. The van der Waals surface area contributed by atoms with E-state index in [2.05, 4.69) is 26.3 Å². The third kappa shape index (κ3) is 15.8. The van der Waals surface area contributed by atoms with Crippen LogP contribution in [-0.4, -0.2) is 79.3 Å². The Bertz CT molecular complexity index is 861. The summed E-state index contributed by atoms with van der Waals surface area (Å²) in [4.78, 5) is 66.5. The van der Waals surface area contributed by atoms with E-state index in [4.69, 9.17) is 28.7 Å². The van der Waals surface area contributed by atoms with Crippen molar-refractivity contribution in [1.82, 2.24) is 21.3 Å². The Hall–Kier alpha value is -3.46. The largest absolute Gasteiger partial charge is 0.370 e. The molecule has 0 aromatic carbocycles. The van der Waals surface area contributed by atoms with E-state index in [1.165, 1.54) is 0 Å². The van der Waals surface area contributed by atoms with E-state index < -0.39 is 60.2 Å². The number of primary amides is 1. The quantitative estimate of drug-likeness (QED) is 0.0416. The molecule has 0 aliphatic rings. The fraction of sp³-hybridized carbons (Fsp3) is 0.760. The maximum atomic E-state index is 13.1. The van der Waals surface area contributed by atoms with Gasteiger partial charge >= 0.3 is 0 Å². The summed E-state index contributed by atoms with van der Waals surface area (Å²) in [5.74, 6) is -3.17. The van der Waals surface area contributed by atoms with Crippen LogP contribution < -0.4 is 49.9 Å². The molecule has 0 aliphatic carbocycles. The number of hydrogen-bond acceptors (Lipinski definition) is 8. The van der Waals surface area contributed by atoms with Crippen molar-refractivity contribution in [3.8, 4) is 0 Å². The number of aliphatic imine (C=N–C) groups is 1. The highest BCUT2D eigenvalue weighted by Gasteiger charge is 2.30. The van der Waals surface area contributed by atoms with Gasteiger partial charge in [0.05, 0.1) is 12.6 Å². The zero-order chi connectivity index (χ0) is 30.8. The molecule has 0 rings (SSSR count). The topological polar surface area (TPSA) is 276 Å². The molecule has 0 saturated heterocycles. The number of guanidine groups is 1. The molecule has 0 fully saturated rings. The molecule has 15 heteroatoms. The van der Waals surface area contributed by atoms with Crippen LogP contribution in [0.25, 0.3) is 0 Å². The summed E-state index contributed by atoms with van der Waals surface area (Å²) in [5, 5.41) is 10.3. The van der Waals surface area contributed by atoms with Crippen LogP contribution in [-0.2, 0) is 24.0 Å². The van der Waals surface area contributed by atoms with Crippen LogP contribution in [0.3, 0.4) is 0 Å². The minimum atomic E-state index is -0.985. The van der Waals surface area contributed by atoms with E-state index in [0.717, 1.165) is 0 Å². The molecule has 40 heavy (non-hydrogen) atoms. The molecule has 0 spiro atoms. The van der Waals surface area contributed by atoms with Crippen LogP contribution >= 0.6 is 0 Å². The van der Waals surface area contributed by atoms with Crippen LogP contribution in [0.4, 0.5) is 0 Å². The lowest BCUT2D eigenvalue weighted by atomic mass is 9.99. The second kappa shape index (κ2) is 19.6. The Balaban J connectivity index is 5.24. The fourth-order valence-corrected chi connectivity index (χ4v) is 3.76. The second-order valence-electron chi connectivity index (χ2n) is 10.5. The van der Waals surface area contributed by atoms with Gasteiger partial charge in [-0.1, -0.05) is 27.7 Å². The van der Waals surface area contributed by atoms with Crippen molar-refractivity contribution in [2.24, 2.45) is 45.5 Å². The molecule has 0 aliphatic heterocycles. The predicted molar refractivity (Wildman–Crippen MR) is 153 cm³/mol. The van der Waals surface area contributed by atoms with E-state index >= 15 is 0 Å². The van der Waals surface area contributed by atoms with Gasteiger partial charge in [0, 0.05) is 6.54 Å². The van der Waals surface area contributed by atoms with Crippen LogP contribution in [0.15, 0.2) is 4.99 Å². The molecular weight excluding hydrogens is 520 g/mol. The van der Waals surface area contributed by atoms with Gasteiger partial charge in [-0.3, -0.25) is 29.0 Å². The minimum absolute atomic E-state index is 0.0905. The van der Waals surface area contributed by atoms with Gasteiger partial charge in [-0.15, -0.1) is 0 Å². The Morgan fingerprint density at radius 1 is 0.775 bits per heavy atom. The average Bonchev–Trinajstić information content (AvgIpc) is 2.85. The van der Waals surface area contributed by atoms with Crippen molar-refractivity contribution in [3.05, 3.63) is 0 Å². The summed E-state index contributed by atoms with van der Waals surface area (Å²) in [7, 11) is 0. The Labute approximate surface area is 236 Å². The van der Waals surface area contributed by atoms with Crippen LogP contribution in [0.1, 0.15) is 66.2 Å². The van der Waals surface area contributed by atoms with E-state index in [0.29, 0.717) is 32.2 Å². The van der Waals surface area contributed by atoms with Crippen molar-refractivity contribution in [3.63, 3.8) is 0 Å². The minimum Gasteiger partial charge on any atom is -0.370 e. The second-order valence-corrected chi connectivity index (χ2v) is 10.5. The Morgan fingerprint density at radius 3 is 1.93 bits per heavy atom. The summed E-state index contributed by atoms with van der Waals surface area (Å²) < 4.78 is 0. The van der Waals surface area contributed by atoms with Crippen molar-refractivity contribution < 1.29 is 24.0 Å². The number of amides is 5. The Kier molecular flexibility index (Phi) is 17.9. The first-order valence-electron chi connectivity index (χ1n) is 13.7. The first-order chi connectivity index (χ1) is 18.7. The average molecular weight is 571 g/mol. The molecule has 4 unspecified atom stereocenters. The molecule has 230 valence electrons. The zero-order valence-electron chi connectivity index (χ0n) is 24.2.